The molecule has 1 aromatic rings. The Labute approximate surface area is 55.5 Å². The number of H-pyrrole nitrogens is 1. The highest BCUT2D eigenvalue weighted by Crippen LogP contribution is 2.27. The summed E-state index contributed by atoms with van der Waals surface area (Å²) in [6.45, 7) is 0. The van der Waals surface area contributed by atoms with Crippen molar-refractivity contribution in [3.05, 3.63) is 30.1 Å². The zero-order valence-corrected chi connectivity index (χ0v) is 4.94. The molecule has 0 amide bonds. The van der Waals surface area contributed by atoms with Crippen LogP contribution in [-0.2, 0) is 6.18 Å². The van der Waals surface area contributed by atoms with Crippen molar-refractivity contribution in [1.29, 1.82) is 0 Å². The molecule has 0 unspecified atom stereocenters. The summed E-state index contributed by atoms with van der Waals surface area (Å²) in [4.78, 5) is 2.50. The van der Waals surface area contributed by atoms with Crippen molar-refractivity contribution >= 4 is 0 Å². The van der Waals surface area contributed by atoms with Crippen LogP contribution >= 0.6 is 0 Å². The van der Waals surface area contributed by atoms with Gasteiger partial charge < -0.3 is 0 Å². The van der Waals surface area contributed by atoms with E-state index in [-0.39, 0.29) is 0 Å². The monoisotopic (exact) mass is 148 g/mol. The van der Waals surface area contributed by atoms with E-state index in [9.17, 15) is 13.2 Å². The number of nitrogens with one attached hydrogen (secondary N) is 1. The second kappa shape index (κ2) is 2.28. The molecule has 1 heterocycles. The fourth-order valence-electron chi connectivity index (χ4n) is 0.576. The van der Waals surface area contributed by atoms with Crippen molar-refractivity contribution in [2.45, 2.75) is 6.18 Å². The summed E-state index contributed by atoms with van der Waals surface area (Å²) >= 11 is 0. The van der Waals surface area contributed by atoms with Crippen LogP contribution in [0.25, 0.3) is 0 Å². The van der Waals surface area contributed by atoms with E-state index in [4.69, 9.17) is 0 Å². The van der Waals surface area contributed by atoms with Gasteiger partial charge in [-0.2, -0.15) is 13.2 Å². The zero-order valence-electron chi connectivity index (χ0n) is 4.94. The third-order valence-corrected chi connectivity index (χ3v) is 1.05. The van der Waals surface area contributed by atoms with Gasteiger partial charge in [-0.3, -0.25) is 0 Å². The minimum Gasteiger partial charge on any atom is -0.218 e. The Morgan fingerprint density at radius 3 is 1.90 bits per heavy atom. The molecule has 0 aromatic carbocycles. The van der Waals surface area contributed by atoms with E-state index in [1.54, 1.807) is 0 Å². The quantitative estimate of drug-likeness (QED) is 0.529. The van der Waals surface area contributed by atoms with Crippen molar-refractivity contribution < 1.29 is 18.2 Å². The molecular weight excluding hydrogens is 143 g/mol. The van der Waals surface area contributed by atoms with Crippen LogP contribution in [0.3, 0.4) is 0 Å². The summed E-state index contributed by atoms with van der Waals surface area (Å²) < 4.78 is 35.3. The summed E-state index contributed by atoms with van der Waals surface area (Å²) in [7, 11) is 0. The molecule has 0 radical (unpaired) electrons. The van der Waals surface area contributed by atoms with Gasteiger partial charge in [0.05, 0.1) is 5.56 Å². The number of aromatic nitrogens is 1. The van der Waals surface area contributed by atoms with Crippen molar-refractivity contribution in [2.24, 2.45) is 0 Å². The molecule has 0 aliphatic heterocycles. The van der Waals surface area contributed by atoms with Gasteiger partial charge in [-0.25, -0.2) is 4.98 Å². The maximum absolute atomic E-state index is 11.8. The summed E-state index contributed by atoms with van der Waals surface area (Å²) in [5.41, 5.74) is -0.633. The second-order valence-electron chi connectivity index (χ2n) is 1.79. The lowest BCUT2D eigenvalue weighted by atomic mass is 10.3. The topological polar surface area (TPSA) is 14.1 Å². The van der Waals surface area contributed by atoms with Crippen LogP contribution in [0.4, 0.5) is 13.2 Å². The largest absolute Gasteiger partial charge is 0.416 e. The lowest BCUT2D eigenvalue weighted by Gasteiger charge is -2.01. The van der Waals surface area contributed by atoms with Gasteiger partial charge in [0.15, 0.2) is 12.4 Å². The number of rotatable bonds is 0. The van der Waals surface area contributed by atoms with Crippen molar-refractivity contribution in [3.63, 3.8) is 0 Å². The third kappa shape index (κ3) is 1.46. The van der Waals surface area contributed by atoms with E-state index in [0.29, 0.717) is 0 Å². The minimum atomic E-state index is -4.23. The number of halogens is 3. The van der Waals surface area contributed by atoms with E-state index in [0.717, 1.165) is 12.1 Å². The Hall–Kier alpha value is -1.06. The molecule has 10 heavy (non-hydrogen) atoms. The fraction of sp³-hybridized carbons (Fsp3) is 0.167. The summed E-state index contributed by atoms with van der Waals surface area (Å²) in [5.74, 6) is 0. The number of hydrogen-bond donors (Lipinski definition) is 0. The average molecular weight is 148 g/mol. The average Bonchev–Trinajstić information content (AvgIpc) is 1.88. The Morgan fingerprint density at radius 2 is 1.60 bits per heavy atom. The fourth-order valence-corrected chi connectivity index (χ4v) is 0.576. The van der Waals surface area contributed by atoms with Gasteiger partial charge in [0.2, 0.25) is 0 Å². The summed E-state index contributed by atoms with van der Waals surface area (Å²) in [6.07, 6.45) is -1.75. The molecule has 0 aliphatic rings. The van der Waals surface area contributed by atoms with Gasteiger partial charge in [0.1, 0.15) is 0 Å². The Morgan fingerprint density at radius 1 is 1.10 bits per heavy atom. The van der Waals surface area contributed by atoms with Gasteiger partial charge in [0.25, 0.3) is 0 Å². The van der Waals surface area contributed by atoms with Crippen LogP contribution in [0, 0.1) is 0 Å². The molecule has 0 bridgehead atoms. The van der Waals surface area contributed by atoms with Gasteiger partial charge >= 0.3 is 6.18 Å². The molecule has 4 heteroatoms. The van der Waals surface area contributed by atoms with E-state index < -0.39 is 11.7 Å². The SMILES string of the molecule is FC(F)(F)c1cc[nH+]cc1. The molecule has 0 saturated carbocycles. The van der Waals surface area contributed by atoms with Crippen molar-refractivity contribution in [3.8, 4) is 0 Å². The first-order valence-corrected chi connectivity index (χ1v) is 2.64. The van der Waals surface area contributed by atoms with E-state index >= 15 is 0 Å². The van der Waals surface area contributed by atoms with Crippen LogP contribution in [-0.4, -0.2) is 0 Å². The number of hydrogen-bond acceptors (Lipinski definition) is 0. The molecule has 1 nitrogen and oxygen atoms in total. The van der Waals surface area contributed by atoms with Gasteiger partial charge in [-0.15, -0.1) is 0 Å². The molecule has 1 aromatic heterocycles. The van der Waals surface area contributed by atoms with Crippen LogP contribution in [0.1, 0.15) is 5.56 Å². The highest BCUT2D eigenvalue weighted by atomic mass is 19.4. The highest BCUT2D eigenvalue weighted by molar-refractivity contribution is 5.10. The number of pyridine rings is 1. The van der Waals surface area contributed by atoms with E-state index in [1.165, 1.54) is 12.4 Å². The van der Waals surface area contributed by atoms with Gasteiger partial charge in [-0.05, 0) is 0 Å². The predicted octanol–water partition coefficient (Wildman–Crippen LogP) is 1.52. The molecule has 0 spiro atoms. The van der Waals surface area contributed by atoms with E-state index in [1.807, 2.05) is 0 Å². The van der Waals surface area contributed by atoms with Crippen LogP contribution < -0.4 is 4.98 Å². The van der Waals surface area contributed by atoms with Gasteiger partial charge in [0, 0.05) is 12.1 Å². The Kier molecular flexibility index (Phi) is 1.61. The summed E-state index contributed by atoms with van der Waals surface area (Å²) in [6, 6.07) is 1.97. The van der Waals surface area contributed by atoms with Crippen LogP contribution in [0.15, 0.2) is 24.5 Å². The summed E-state index contributed by atoms with van der Waals surface area (Å²) in [5, 5.41) is 0. The number of alkyl halides is 3. The van der Waals surface area contributed by atoms with Crippen molar-refractivity contribution in [1.82, 2.24) is 0 Å². The lowest BCUT2D eigenvalue weighted by molar-refractivity contribution is -0.378. The first-order chi connectivity index (χ1) is 4.61. The molecular formula is C6H5F3N+. The van der Waals surface area contributed by atoms with Crippen molar-refractivity contribution in [2.75, 3.05) is 0 Å². The lowest BCUT2D eigenvalue weighted by Crippen LogP contribution is -2.07. The predicted molar refractivity (Wildman–Crippen MR) is 28.0 cm³/mol. The molecule has 0 atom stereocenters. The standard InChI is InChI=1S/C6H4F3N/c7-6(8,9)5-1-3-10-4-2-5/h1-4H/p+1. The van der Waals surface area contributed by atoms with E-state index in [2.05, 4.69) is 4.98 Å². The molecule has 0 saturated heterocycles. The van der Waals surface area contributed by atoms with Crippen LogP contribution in [0.5, 0.6) is 0 Å². The zero-order chi connectivity index (χ0) is 7.61. The molecule has 0 aliphatic carbocycles. The normalized spacial score (nSPS) is 11.5. The Bertz CT molecular complexity index is 204. The van der Waals surface area contributed by atoms with Crippen LogP contribution in [0.2, 0.25) is 0 Å². The Balaban J connectivity index is 2.97. The second-order valence-corrected chi connectivity index (χ2v) is 1.79. The smallest absolute Gasteiger partial charge is 0.218 e. The molecule has 54 valence electrons. The highest BCUT2D eigenvalue weighted by Gasteiger charge is 2.30. The minimum absolute atomic E-state index is 0.633. The first-order valence-electron chi connectivity index (χ1n) is 2.64. The van der Waals surface area contributed by atoms with Gasteiger partial charge in [-0.1, -0.05) is 0 Å². The maximum atomic E-state index is 11.8. The maximum Gasteiger partial charge on any atom is 0.416 e. The first kappa shape index (κ1) is 7.05. The molecule has 1 N–H and O–H groups in total. The molecule has 1 rings (SSSR count). The number of aromatic amines is 1. The third-order valence-electron chi connectivity index (χ3n) is 1.05. The molecule has 0 fully saturated rings.